The summed E-state index contributed by atoms with van der Waals surface area (Å²) in [5.74, 6) is -2.28. The molecule has 26 heavy (non-hydrogen) atoms. The summed E-state index contributed by atoms with van der Waals surface area (Å²) in [5, 5.41) is 0. The van der Waals surface area contributed by atoms with Gasteiger partial charge in [-0.05, 0) is 0 Å². The van der Waals surface area contributed by atoms with Crippen LogP contribution in [-0.2, 0) is 42.9 Å². The molecule has 0 spiro atoms. The largest absolute Gasteiger partial charge is 0.456 e. The molecule has 0 N–H and O–H groups in total. The van der Waals surface area contributed by atoms with Crippen LogP contribution in [0.2, 0.25) is 0 Å². The van der Waals surface area contributed by atoms with Crippen molar-refractivity contribution in [3.8, 4) is 0 Å². The van der Waals surface area contributed by atoms with Crippen molar-refractivity contribution >= 4 is 23.9 Å². The van der Waals surface area contributed by atoms with Crippen molar-refractivity contribution in [3.05, 3.63) is 0 Å². The van der Waals surface area contributed by atoms with Crippen LogP contribution in [0.4, 0.5) is 0 Å². The summed E-state index contributed by atoms with van der Waals surface area (Å²) in [6.07, 6.45) is -4.30. The molecule has 0 bridgehead atoms. The van der Waals surface area contributed by atoms with Gasteiger partial charge in [0.25, 0.3) is 0 Å². The molecule has 0 radical (unpaired) electrons. The van der Waals surface area contributed by atoms with Gasteiger partial charge in [-0.25, -0.2) is 0 Å². The number of esters is 4. The summed E-state index contributed by atoms with van der Waals surface area (Å²) in [6, 6.07) is 0. The molecule has 1 heterocycles. The molecule has 1 rings (SSSR count). The third-order valence-corrected chi connectivity index (χ3v) is 3.60. The van der Waals surface area contributed by atoms with Crippen LogP contribution < -0.4 is 0 Å². The molecule has 0 saturated carbocycles. The first-order valence-corrected chi connectivity index (χ1v) is 8.75. The first-order valence-electron chi connectivity index (χ1n) is 8.75. The van der Waals surface area contributed by atoms with E-state index < -0.39 is 48.5 Å². The van der Waals surface area contributed by atoms with Crippen molar-refractivity contribution in [3.63, 3.8) is 0 Å². The maximum absolute atomic E-state index is 11.8. The number of carbonyl (C=O) groups excluding carboxylic acids is 4. The van der Waals surface area contributed by atoms with E-state index in [0.29, 0.717) is 0 Å². The fourth-order valence-corrected chi connectivity index (χ4v) is 2.15. The second-order valence-electron chi connectivity index (χ2n) is 5.54. The van der Waals surface area contributed by atoms with Crippen molar-refractivity contribution in [1.29, 1.82) is 0 Å². The van der Waals surface area contributed by atoms with Gasteiger partial charge in [0, 0.05) is 25.7 Å². The van der Waals surface area contributed by atoms with Gasteiger partial charge in [0.1, 0.15) is 0 Å². The average Bonchev–Trinajstić information content (AvgIpc) is 2.65. The first-order chi connectivity index (χ1) is 12.4. The molecule has 9 heteroatoms. The SMILES string of the molecule is CCC(=O)O[C@@H]1OC[C@H](OC(=O)CC)[C@H](OC(=O)CC)[C@H]1OC(=O)CC. The van der Waals surface area contributed by atoms with Crippen LogP contribution in [0.5, 0.6) is 0 Å². The van der Waals surface area contributed by atoms with E-state index in [0.717, 1.165) is 0 Å². The van der Waals surface area contributed by atoms with Crippen molar-refractivity contribution in [1.82, 2.24) is 0 Å². The Morgan fingerprint density at radius 2 is 1.12 bits per heavy atom. The summed E-state index contributed by atoms with van der Waals surface area (Å²) in [5.41, 5.74) is 0. The Labute approximate surface area is 152 Å². The monoisotopic (exact) mass is 374 g/mol. The number of hydrogen-bond acceptors (Lipinski definition) is 9. The van der Waals surface area contributed by atoms with Gasteiger partial charge in [-0.2, -0.15) is 0 Å². The van der Waals surface area contributed by atoms with E-state index >= 15 is 0 Å². The molecule has 0 aliphatic carbocycles. The van der Waals surface area contributed by atoms with Crippen LogP contribution in [0.25, 0.3) is 0 Å². The highest BCUT2D eigenvalue weighted by molar-refractivity contribution is 5.71. The smallest absolute Gasteiger partial charge is 0.307 e. The molecule has 0 unspecified atom stereocenters. The predicted octanol–water partition coefficient (Wildman–Crippen LogP) is 1.26. The van der Waals surface area contributed by atoms with Gasteiger partial charge in [0.15, 0.2) is 12.2 Å². The third-order valence-electron chi connectivity index (χ3n) is 3.60. The van der Waals surface area contributed by atoms with Gasteiger partial charge >= 0.3 is 23.9 Å². The quantitative estimate of drug-likeness (QED) is 0.457. The summed E-state index contributed by atoms with van der Waals surface area (Å²) in [7, 11) is 0. The first kappa shape index (κ1) is 21.9. The summed E-state index contributed by atoms with van der Waals surface area (Å²) < 4.78 is 26.5. The maximum atomic E-state index is 11.8. The lowest BCUT2D eigenvalue weighted by Gasteiger charge is -2.40. The van der Waals surface area contributed by atoms with Crippen LogP contribution in [0.15, 0.2) is 0 Å². The van der Waals surface area contributed by atoms with Crippen LogP contribution in [-0.4, -0.2) is 55.1 Å². The number of ether oxygens (including phenoxy) is 5. The van der Waals surface area contributed by atoms with Crippen LogP contribution in [0.3, 0.4) is 0 Å². The molecule has 4 atom stereocenters. The standard InChI is InChI=1S/C17H26O9/c1-5-11(18)23-10-9-22-17(26-14(21)8-4)16(25-13(20)7-3)15(10)24-12(19)6-2/h10,15-17H,5-9H2,1-4H3/t10-,15-,16+,17-/m0/s1. The molecule has 1 aliphatic heterocycles. The van der Waals surface area contributed by atoms with Crippen molar-refractivity contribution < 1.29 is 42.9 Å². The van der Waals surface area contributed by atoms with Crippen LogP contribution in [0, 0.1) is 0 Å². The summed E-state index contributed by atoms with van der Waals surface area (Å²) in [4.78, 5) is 46.9. The van der Waals surface area contributed by atoms with Gasteiger partial charge < -0.3 is 23.7 Å². The highest BCUT2D eigenvalue weighted by Crippen LogP contribution is 2.26. The van der Waals surface area contributed by atoms with Gasteiger partial charge in [0.05, 0.1) is 6.61 Å². The minimum absolute atomic E-state index is 0.0544. The fourth-order valence-electron chi connectivity index (χ4n) is 2.15. The molecule has 1 aliphatic rings. The normalized spacial score (nSPS) is 25.1. The maximum Gasteiger partial charge on any atom is 0.307 e. The summed E-state index contributed by atoms with van der Waals surface area (Å²) in [6.45, 7) is 6.21. The van der Waals surface area contributed by atoms with Gasteiger partial charge in [-0.3, -0.25) is 19.2 Å². The summed E-state index contributed by atoms with van der Waals surface area (Å²) >= 11 is 0. The molecular formula is C17H26O9. The number of carbonyl (C=O) groups is 4. The highest BCUT2D eigenvalue weighted by Gasteiger charge is 2.49. The molecule has 0 aromatic rings. The zero-order valence-corrected chi connectivity index (χ0v) is 15.5. The molecule has 0 aromatic heterocycles. The van der Waals surface area contributed by atoms with E-state index in [-0.39, 0.29) is 32.3 Å². The Kier molecular flexibility index (Phi) is 9.04. The Morgan fingerprint density at radius 1 is 0.692 bits per heavy atom. The van der Waals surface area contributed by atoms with Gasteiger partial charge in [0.2, 0.25) is 12.4 Å². The lowest BCUT2D eigenvalue weighted by molar-refractivity contribution is -0.275. The van der Waals surface area contributed by atoms with Crippen molar-refractivity contribution in [2.24, 2.45) is 0 Å². The lowest BCUT2D eigenvalue weighted by atomic mass is 10.0. The second kappa shape index (κ2) is 10.7. The van der Waals surface area contributed by atoms with E-state index in [2.05, 4.69) is 0 Å². The van der Waals surface area contributed by atoms with E-state index in [4.69, 9.17) is 23.7 Å². The predicted molar refractivity (Wildman–Crippen MR) is 86.6 cm³/mol. The third kappa shape index (κ3) is 6.29. The zero-order valence-electron chi connectivity index (χ0n) is 15.5. The van der Waals surface area contributed by atoms with Crippen LogP contribution >= 0.6 is 0 Å². The van der Waals surface area contributed by atoms with E-state index in [9.17, 15) is 19.2 Å². The number of rotatable bonds is 8. The minimum atomic E-state index is -1.26. The molecule has 1 fully saturated rings. The van der Waals surface area contributed by atoms with E-state index in [1.165, 1.54) is 0 Å². The molecular weight excluding hydrogens is 348 g/mol. The Hall–Kier alpha value is -2.16. The lowest BCUT2D eigenvalue weighted by Crippen LogP contribution is -2.58. The van der Waals surface area contributed by atoms with E-state index in [1.54, 1.807) is 27.7 Å². The fraction of sp³-hybridized carbons (Fsp3) is 0.765. The molecule has 0 amide bonds. The van der Waals surface area contributed by atoms with Crippen LogP contribution in [0.1, 0.15) is 53.4 Å². The average molecular weight is 374 g/mol. The topological polar surface area (TPSA) is 114 Å². The Balaban J connectivity index is 3.10. The second-order valence-corrected chi connectivity index (χ2v) is 5.54. The van der Waals surface area contributed by atoms with Gasteiger partial charge in [-0.1, -0.05) is 27.7 Å². The van der Waals surface area contributed by atoms with E-state index in [1.807, 2.05) is 0 Å². The molecule has 148 valence electrons. The Bertz CT molecular complexity index is 470. The van der Waals surface area contributed by atoms with Crippen molar-refractivity contribution in [2.75, 3.05) is 6.61 Å². The molecule has 0 aromatic carbocycles. The van der Waals surface area contributed by atoms with Crippen molar-refractivity contribution in [2.45, 2.75) is 78.0 Å². The molecule has 9 nitrogen and oxygen atoms in total. The minimum Gasteiger partial charge on any atom is -0.456 e. The highest BCUT2D eigenvalue weighted by atomic mass is 16.7. The Morgan fingerprint density at radius 3 is 1.62 bits per heavy atom. The number of hydrogen-bond donors (Lipinski definition) is 0. The zero-order chi connectivity index (χ0) is 19.7. The molecule has 1 saturated heterocycles. The van der Waals surface area contributed by atoms with Gasteiger partial charge in [-0.15, -0.1) is 0 Å².